The van der Waals surface area contributed by atoms with E-state index in [-0.39, 0.29) is 12.5 Å². The van der Waals surface area contributed by atoms with Crippen LogP contribution in [-0.4, -0.2) is 28.2 Å². The fraction of sp³-hybridized carbons (Fsp3) is 0.167. The van der Waals surface area contributed by atoms with Gasteiger partial charge in [0.2, 0.25) is 5.88 Å². The molecular weight excluding hydrogens is 320 g/mol. The summed E-state index contributed by atoms with van der Waals surface area (Å²) in [6.07, 6.45) is 3.14. The van der Waals surface area contributed by atoms with Gasteiger partial charge in [0.25, 0.3) is 5.91 Å². The van der Waals surface area contributed by atoms with E-state index < -0.39 is 0 Å². The summed E-state index contributed by atoms with van der Waals surface area (Å²) in [5, 5.41) is 9.44. The zero-order valence-corrected chi connectivity index (χ0v) is 13.9. The number of benzene rings is 1. The molecule has 2 heterocycles. The molecule has 1 aromatic carbocycles. The second kappa shape index (κ2) is 7.48. The lowest BCUT2D eigenvalue weighted by Gasteiger charge is -2.11. The SMILES string of the molecule is COc1cccc(Oc2ncccc2CNC(=O)c2cn[nH]c2C)c1. The van der Waals surface area contributed by atoms with E-state index >= 15 is 0 Å². The molecule has 0 atom stereocenters. The largest absolute Gasteiger partial charge is 0.497 e. The van der Waals surface area contributed by atoms with Crippen LogP contribution in [-0.2, 0) is 6.54 Å². The minimum Gasteiger partial charge on any atom is -0.497 e. The van der Waals surface area contributed by atoms with Gasteiger partial charge in [-0.25, -0.2) is 4.98 Å². The number of rotatable bonds is 6. The number of aryl methyl sites for hydroxylation is 1. The van der Waals surface area contributed by atoms with Gasteiger partial charge in [-0.15, -0.1) is 0 Å². The lowest BCUT2D eigenvalue weighted by atomic mass is 10.2. The molecular formula is C18H18N4O3. The number of hydrogen-bond donors (Lipinski definition) is 2. The molecule has 3 rings (SSSR count). The van der Waals surface area contributed by atoms with Crippen molar-refractivity contribution in [3.05, 3.63) is 65.6 Å². The van der Waals surface area contributed by atoms with Gasteiger partial charge in [-0.3, -0.25) is 9.89 Å². The van der Waals surface area contributed by atoms with E-state index in [1.54, 1.807) is 32.4 Å². The van der Waals surface area contributed by atoms with Crippen molar-refractivity contribution in [3.63, 3.8) is 0 Å². The number of H-pyrrole nitrogens is 1. The van der Waals surface area contributed by atoms with Gasteiger partial charge in [0.1, 0.15) is 11.5 Å². The molecule has 0 unspecified atom stereocenters. The first-order valence-electron chi connectivity index (χ1n) is 7.71. The van der Waals surface area contributed by atoms with Crippen LogP contribution < -0.4 is 14.8 Å². The molecule has 128 valence electrons. The third-order valence-electron chi connectivity index (χ3n) is 3.62. The van der Waals surface area contributed by atoms with Crippen molar-refractivity contribution in [3.8, 4) is 17.4 Å². The highest BCUT2D eigenvalue weighted by Gasteiger charge is 2.12. The number of amides is 1. The van der Waals surface area contributed by atoms with E-state index in [1.807, 2.05) is 24.3 Å². The van der Waals surface area contributed by atoms with Crippen molar-refractivity contribution in [1.82, 2.24) is 20.5 Å². The van der Waals surface area contributed by atoms with Crippen LogP contribution in [0.5, 0.6) is 17.4 Å². The summed E-state index contributed by atoms with van der Waals surface area (Å²) < 4.78 is 11.0. The highest BCUT2D eigenvalue weighted by molar-refractivity contribution is 5.94. The van der Waals surface area contributed by atoms with Crippen LogP contribution in [0.1, 0.15) is 21.6 Å². The Morgan fingerprint density at radius 2 is 2.08 bits per heavy atom. The molecule has 0 aliphatic carbocycles. The maximum Gasteiger partial charge on any atom is 0.255 e. The number of aromatic amines is 1. The average molecular weight is 338 g/mol. The summed E-state index contributed by atoms with van der Waals surface area (Å²) in [6, 6.07) is 10.9. The second-order valence-corrected chi connectivity index (χ2v) is 5.34. The van der Waals surface area contributed by atoms with Crippen LogP contribution in [0, 0.1) is 6.92 Å². The van der Waals surface area contributed by atoms with Crippen LogP contribution >= 0.6 is 0 Å². The fourth-order valence-corrected chi connectivity index (χ4v) is 2.28. The number of aromatic nitrogens is 3. The minimum absolute atomic E-state index is 0.206. The molecule has 0 saturated heterocycles. The normalized spacial score (nSPS) is 10.3. The van der Waals surface area contributed by atoms with E-state index in [9.17, 15) is 4.79 Å². The van der Waals surface area contributed by atoms with Crippen molar-refractivity contribution in [1.29, 1.82) is 0 Å². The number of carbonyl (C=O) groups is 1. The lowest BCUT2D eigenvalue weighted by Crippen LogP contribution is -2.23. The Hall–Kier alpha value is -3.35. The molecule has 0 spiro atoms. The van der Waals surface area contributed by atoms with E-state index in [0.717, 1.165) is 11.3 Å². The van der Waals surface area contributed by atoms with Gasteiger partial charge >= 0.3 is 0 Å². The highest BCUT2D eigenvalue weighted by atomic mass is 16.5. The van der Waals surface area contributed by atoms with E-state index in [1.165, 1.54) is 6.20 Å². The molecule has 7 nitrogen and oxygen atoms in total. The van der Waals surface area contributed by atoms with Crippen molar-refractivity contribution < 1.29 is 14.3 Å². The molecule has 0 aliphatic rings. The fourth-order valence-electron chi connectivity index (χ4n) is 2.28. The summed E-state index contributed by atoms with van der Waals surface area (Å²) >= 11 is 0. The van der Waals surface area contributed by atoms with Gasteiger partial charge in [-0.2, -0.15) is 5.10 Å². The molecule has 0 aliphatic heterocycles. The number of ether oxygens (including phenoxy) is 2. The molecule has 2 N–H and O–H groups in total. The first-order chi connectivity index (χ1) is 12.2. The Bertz CT molecular complexity index is 876. The Morgan fingerprint density at radius 1 is 1.24 bits per heavy atom. The first-order valence-corrected chi connectivity index (χ1v) is 7.71. The number of carbonyl (C=O) groups excluding carboxylic acids is 1. The summed E-state index contributed by atoms with van der Waals surface area (Å²) in [5.74, 6) is 1.53. The van der Waals surface area contributed by atoms with E-state index in [4.69, 9.17) is 9.47 Å². The Balaban J connectivity index is 1.72. The molecule has 0 saturated carbocycles. The maximum absolute atomic E-state index is 12.2. The Kier molecular flexibility index (Phi) is 4.94. The smallest absolute Gasteiger partial charge is 0.255 e. The number of nitrogens with one attached hydrogen (secondary N) is 2. The number of hydrogen-bond acceptors (Lipinski definition) is 5. The molecule has 2 aromatic heterocycles. The molecule has 7 heteroatoms. The standard InChI is InChI=1S/C18H18N4O3/c1-12-16(11-21-22-12)17(23)20-10-13-5-4-8-19-18(13)25-15-7-3-6-14(9-15)24-2/h3-9,11H,10H2,1-2H3,(H,20,23)(H,21,22). The minimum atomic E-state index is -0.206. The average Bonchev–Trinajstić information content (AvgIpc) is 3.07. The van der Waals surface area contributed by atoms with Crippen LogP contribution in [0.15, 0.2) is 48.8 Å². The molecule has 0 fully saturated rings. The van der Waals surface area contributed by atoms with Crippen LogP contribution in [0.2, 0.25) is 0 Å². The monoisotopic (exact) mass is 338 g/mol. The summed E-state index contributed by atoms with van der Waals surface area (Å²) in [6.45, 7) is 2.08. The lowest BCUT2D eigenvalue weighted by molar-refractivity contribution is 0.0950. The van der Waals surface area contributed by atoms with Crippen molar-refractivity contribution in [2.24, 2.45) is 0 Å². The topological polar surface area (TPSA) is 89.1 Å². The predicted octanol–water partition coefficient (Wildman–Crippen LogP) is 2.84. The van der Waals surface area contributed by atoms with Gasteiger partial charge in [-0.1, -0.05) is 12.1 Å². The van der Waals surface area contributed by atoms with Crippen molar-refractivity contribution in [2.45, 2.75) is 13.5 Å². The van der Waals surface area contributed by atoms with Crippen LogP contribution in [0.25, 0.3) is 0 Å². The quantitative estimate of drug-likeness (QED) is 0.721. The van der Waals surface area contributed by atoms with Gasteiger partial charge < -0.3 is 14.8 Å². The van der Waals surface area contributed by atoms with Gasteiger partial charge in [0, 0.05) is 30.1 Å². The zero-order chi connectivity index (χ0) is 17.6. The first kappa shape index (κ1) is 16.5. The Morgan fingerprint density at radius 3 is 2.84 bits per heavy atom. The number of nitrogens with zero attached hydrogens (tertiary/aromatic N) is 2. The maximum atomic E-state index is 12.2. The number of methoxy groups -OCH3 is 1. The second-order valence-electron chi connectivity index (χ2n) is 5.34. The van der Waals surface area contributed by atoms with Gasteiger partial charge in [0.05, 0.1) is 18.9 Å². The summed E-state index contributed by atoms with van der Waals surface area (Å²) in [4.78, 5) is 16.5. The number of pyridine rings is 1. The molecule has 0 radical (unpaired) electrons. The van der Waals surface area contributed by atoms with Crippen LogP contribution in [0.3, 0.4) is 0 Å². The molecule has 3 aromatic rings. The molecule has 0 bridgehead atoms. The predicted molar refractivity (Wildman–Crippen MR) is 91.8 cm³/mol. The van der Waals surface area contributed by atoms with Gasteiger partial charge in [0.15, 0.2) is 0 Å². The summed E-state index contributed by atoms with van der Waals surface area (Å²) in [5.41, 5.74) is 2.00. The van der Waals surface area contributed by atoms with E-state index in [0.29, 0.717) is 22.9 Å². The highest BCUT2D eigenvalue weighted by Crippen LogP contribution is 2.26. The molecule has 1 amide bonds. The Labute approximate surface area is 145 Å². The third kappa shape index (κ3) is 3.95. The molecule has 25 heavy (non-hydrogen) atoms. The van der Waals surface area contributed by atoms with Crippen molar-refractivity contribution >= 4 is 5.91 Å². The van der Waals surface area contributed by atoms with E-state index in [2.05, 4.69) is 20.5 Å². The van der Waals surface area contributed by atoms with Crippen molar-refractivity contribution in [2.75, 3.05) is 7.11 Å². The van der Waals surface area contributed by atoms with Crippen LogP contribution in [0.4, 0.5) is 0 Å². The summed E-state index contributed by atoms with van der Waals surface area (Å²) in [7, 11) is 1.60. The van der Waals surface area contributed by atoms with Gasteiger partial charge in [-0.05, 0) is 25.1 Å². The zero-order valence-electron chi connectivity index (χ0n) is 13.9. The third-order valence-corrected chi connectivity index (χ3v) is 3.62.